The number of ether oxygens (including phenoxy) is 3. The molecule has 2 rings (SSSR count). The maximum absolute atomic E-state index is 12.3. The number of hydrogen-bond acceptors (Lipinski definition) is 6. The van der Waals surface area contributed by atoms with E-state index in [0.717, 1.165) is 12.8 Å². The molecule has 0 N–H and O–H groups in total. The highest BCUT2D eigenvalue weighted by molar-refractivity contribution is 6.33. The summed E-state index contributed by atoms with van der Waals surface area (Å²) < 4.78 is 15.7. The normalized spacial score (nSPS) is 10.8. The van der Waals surface area contributed by atoms with Gasteiger partial charge in [0.25, 0.3) is 0 Å². The summed E-state index contributed by atoms with van der Waals surface area (Å²) in [4.78, 5) is 24.3. The monoisotopic (exact) mass is 413 g/mol. The summed E-state index contributed by atoms with van der Waals surface area (Å²) in [7, 11) is 1.42. The first-order chi connectivity index (χ1) is 14.0. The van der Waals surface area contributed by atoms with Gasteiger partial charge in [-0.1, -0.05) is 43.1 Å². The van der Waals surface area contributed by atoms with Gasteiger partial charge in [0.15, 0.2) is 11.5 Å². The third kappa shape index (κ3) is 6.09. The Morgan fingerprint density at radius 2 is 1.93 bits per heavy atom. The van der Waals surface area contributed by atoms with Crippen molar-refractivity contribution in [2.24, 2.45) is 0 Å². The number of unbranched alkanes of at least 4 members (excludes halogenated alkanes) is 1. The molecule has 0 heterocycles. The second-order valence-electron chi connectivity index (χ2n) is 5.94. The van der Waals surface area contributed by atoms with Crippen molar-refractivity contribution >= 4 is 29.6 Å². The Hall–Kier alpha value is -3.30. The molecule has 6 nitrogen and oxygen atoms in total. The first-order valence-corrected chi connectivity index (χ1v) is 9.31. The van der Waals surface area contributed by atoms with Crippen LogP contribution in [0.25, 0.3) is 6.08 Å². The molecule has 0 spiro atoms. The smallest absolute Gasteiger partial charge is 0.348 e. The maximum atomic E-state index is 12.3. The van der Waals surface area contributed by atoms with Gasteiger partial charge in [-0.3, -0.25) is 0 Å². The fraction of sp³-hybridized carbons (Fsp3) is 0.227. The summed E-state index contributed by atoms with van der Waals surface area (Å²) in [5.74, 6) is -0.877. The first-order valence-electron chi connectivity index (χ1n) is 8.93. The lowest BCUT2D eigenvalue weighted by atomic mass is 10.1. The van der Waals surface area contributed by atoms with Gasteiger partial charge >= 0.3 is 11.9 Å². The minimum atomic E-state index is -0.686. The van der Waals surface area contributed by atoms with E-state index in [0.29, 0.717) is 5.56 Å². The van der Waals surface area contributed by atoms with E-state index in [-0.39, 0.29) is 34.3 Å². The molecular formula is C22H20ClNO5. The van der Waals surface area contributed by atoms with E-state index < -0.39 is 11.9 Å². The third-order valence-corrected chi connectivity index (χ3v) is 4.20. The maximum Gasteiger partial charge on any atom is 0.348 e. The van der Waals surface area contributed by atoms with Gasteiger partial charge in [-0.2, -0.15) is 5.26 Å². The lowest BCUT2D eigenvalue weighted by Crippen LogP contribution is -2.10. The van der Waals surface area contributed by atoms with Crippen molar-refractivity contribution in [1.82, 2.24) is 0 Å². The van der Waals surface area contributed by atoms with Gasteiger partial charge in [-0.15, -0.1) is 0 Å². The second-order valence-corrected chi connectivity index (χ2v) is 6.35. The number of carbonyl (C=O) groups excluding carboxylic acids is 2. The number of esters is 2. The van der Waals surface area contributed by atoms with Crippen LogP contribution in [-0.4, -0.2) is 25.7 Å². The Balaban J connectivity index is 2.21. The third-order valence-electron chi connectivity index (χ3n) is 3.87. The van der Waals surface area contributed by atoms with Crippen LogP contribution in [0.3, 0.4) is 0 Å². The molecule has 0 amide bonds. The predicted octanol–water partition coefficient (Wildman–Crippen LogP) is 4.82. The van der Waals surface area contributed by atoms with Crippen LogP contribution in [0.15, 0.2) is 48.0 Å². The van der Waals surface area contributed by atoms with Crippen LogP contribution in [0.2, 0.25) is 5.02 Å². The van der Waals surface area contributed by atoms with Crippen molar-refractivity contribution in [3.63, 3.8) is 0 Å². The Morgan fingerprint density at radius 3 is 2.59 bits per heavy atom. The average Bonchev–Trinajstić information content (AvgIpc) is 2.73. The van der Waals surface area contributed by atoms with Gasteiger partial charge in [-0.05, 0) is 42.3 Å². The molecule has 0 fully saturated rings. The fourth-order valence-corrected chi connectivity index (χ4v) is 2.54. The molecule has 0 bridgehead atoms. The summed E-state index contributed by atoms with van der Waals surface area (Å²) in [6.45, 7) is 2.23. The summed E-state index contributed by atoms with van der Waals surface area (Å²) in [5, 5.41) is 9.51. The van der Waals surface area contributed by atoms with Crippen LogP contribution in [0.1, 0.15) is 35.7 Å². The summed E-state index contributed by atoms with van der Waals surface area (Å²) >= 11 is 6.02. The molecule has 7 heteroatoms. The molecule has 0 aliphatic carbocycles. The largest absolute Gasteiger partial charge is 0.493 e. The van der Waals surface area contributed by atoms with E-state index >= 15 is 0 Å². The van der Waals surface area contributed by atoms with Crippen LogP contribution >= 0.6 is 11.6 Å². The van der Waals surface area contributed by atoms with Crippen molar-refractivity contribution in [2.75, 3.05) is 13.7 Å². The van der Waals surface area contributed by atoms with E-state index in [9.17, 15) is 14.9 Å². The summed E-state index contributed by atoms with van der Waals surface area (Å²) in [6, 6.07) is 13.0. The molecule has 150 valence electrons. The Morgan fingerprint density at radius 1 is 1.17 bits per heavy atom. The molecule has 0 atom stereocenters. The molecule has 0 aromatic heterocycles. The molecule has 0 saturated carbocycles. The zero-order valence-corrected chi connectivity index (χ0v) is 16.9. The van der Waals surface area contributed by atoms with E-state index in [2.05, 4.69) is 0 Å². The Labute approximate surface area is 174 Å². The lowest BCUT2D eigenvalue weighted by molar-refractivity contribution is -0.138. The molecule has 29 heavy (non-hydrogen) atoms. The second kappa shape index (κ2) is 10.9. The van der Waals surface area contributed by atoms with Crippen molar-refractivity contribution in [3.05, 3.63) is 64.2 Å². The van der Waals surface area contributed by atoms with Gasteiger partial charge in [0.1, 0.15) is 11.6 Å². The van der Waals surface area contributed by atoms with Gasteiger partial charge in [0.2, 0.25) is 0 Å². The highest BCUT2D eigenvalue weighted by atomic mass is 35.5. The van der Waals surface area contributed by atoms with Crippen LogP contribution in [0.5, 0.6) is 11.5 Å². The first kappa shape index (κ1) is 22.0. The summed E-state index contributed by atoms with van der Waals surface area (Å²) in [5.41, 5.74) is 0.606. The number of halogens is 1. The number of methoxy groups -OCH3 is 1. The minimum Gasteiger partial charge on any atom is -0.493 e. The molecular weight excluding hydrogens is 394 g/mol. The van der Waals surface area contributed by atoms with E-state index in [4.69, 9.17) is 25.8 Å². The molecule has 0 radical (unpaired) electrons. The Kier molecular flexibility index (Phi) is 8.26. The number of nitriles is 1. The average molecular weight is 414 g/mol. The van der Waals surface area contributed by atoms with Crippen LogP contribution in [0.4, 0.5) is 0 Å². The molecule has 2 aromatic rings. The quantitative estimate of drug-likeness (QED) is 0.203. The standard InChI is InChI=1S/C22H20ClNO5/c1-3-4-11-28-21(25)16(14-24)12-15-9-10-19(20(13-15)27-2)29-22(26)17-7-5-6-8-18(17)23/h5-10,12-13H,3-4,11H2,1-2H3/b16-12+. The van der Waals surface area contributed by atoms with Crippen molar-refractivity contribution in [2.45, 2.75) is 19.8 Å². The van der Waals surface area contributed by atoms with Gasteiger partial charge in [0, 0.05) is 0 Å². The van der Waals surface area contributed by atoms with Crippen LogP contribution < -0.4 is 9.47 Å². The zero-order valence-electron chi connectivity index (χ0n) is 16.1. The van der Waals surface area contributed by atoms with Crippen molar-refractivity contribution in [1.29, 1.82) is 5.26 Å². The predicted molar refractivity (Wildman–Crippen MR) is 109 cm³/mol. The van der Waals surface area contributed by atoms with Gasteiger partial charge in [-0.25, -0.2) is 9.59 Å². The van der Waals surface area contributed by atoms with Crippen molar-refractivity contribution < 1.29 is 23.8 Å². The van der Waals surface area contributed by atoms with Crippen molar-refractivity contribution in [3.8, 4) is 17.6 Å². The highest BCUT2D eigenvalue weighted by Gasteiger charge is 2.16. The highest BCUT2D eigenvalue weighted by Crippen LogP contribution is 2.30. The summed E-state index contributed by atoms with van der Waals surface area (Å²) in [6.07, 6.45) is 2.99. The van der Waals surface area contributed by atoms with E-state index in [1.165, 1.54) is 19.3 Å². The van der Waals surface area contributed by atoms with E-state index in [1.807, 2.05) is 13.0 Å². The molecule has 0 aliphatic rings. The topological polar surface area (TPSA) is 85.6 Å². The number of nitrogens with zero attached hydrogens (tertiary/aromatic N) is 1. The van der Waals surface area contributed by atoms with Gasteiger partial charge in [0.05, 0.1) is 24.3 Å². The molecule has 0 saturated heterocycles. The van der Waals surface area contributed by atoms with Gasteiger partial charge < -0.3 is 14.2 Å². The fourth-order valence-electron chi connectivity index (χ4n) is 2.33. The molecule has 2 aromatic carbocycles. The lowest BCUT2D eigenvalue weighted by Gasteiger charge is -2.11. The molecule has 0 aliphatic heterocycles. The van der Waals surface area contributed by atoms with E-state index in [1.54, 1.807) is 36.4 Å². The number of benzene rings is 2. The molecule has 0 unspecified atom stereocenters. The minimum absolute atomic E-state index is 0.135. The number of carbonyl (C=O) groups is 2. The number of rotatable bonds is 8. The van der Waals surface area contributed by atoms with Crippen LogP contribution in [0, 0.1) is 11.3 Å². The number of hydrogen-bond donors (Lipinski definition) is 0. The SMILES string of the molecule is CCCCOC(=O)/C(C#N)=C/c1ccc(OC(=O)c2ccccc2Cl)c(OC)c1. The zero-order chi connectivity index (χ0) is 21.2. The van der Waals surface area contributed by atoms with Crippen LogP contribution in [-0.2, 0) is 9.53 Å². The Bertz CT molecular complexity index is 962.